The monoisotopic (exact) mass is 348 g/mol. The van der Waals surface area contributed by atoms with Gasteiger partial charge in [-0.15, -0.1) is 0 Å². The van der Waals surface area contributed by atoms with E-state index >= 15 is 0 Å². The third-order valence-electron chi connectivity index (χ3n) is 3.39. The standard InChI is InChI=1S/C17H17FN2O3S/c1-12(13-6-9-15(10-7-13)24(19,22)23)20-17(21)11-8-14-4-2-3-5-16(14)18/h2-12H,1H3,(H,20,21)(H2,19,22,23)/b11-8+. The molecule has 0 heterocycles. The van der Waals surface area contributed by atoms with E-state index in [-0.39, 0.29) is 16.8 Å². The Bertz CT molecular complexity index is 862. The predicted octanol–water partition coefficient (Wildman–Crippen LogP) is 2.36. The summed E-state index contributed by atoms with van der Waals surface area (Å²) in [6.45, 7) is 1.75. The van der Waals surface area contributed by atoms with Crippen molar-refractivity contribution in [2.45, 2.75) is 17.9 Å². The van der Waals surface area contributed by atoms with Crippen LogP contribution in [-0.2, 0) is 14.8 Å². The number of hydrogen-bond acceptors (Lipinski definition) is 3. The first-order chi connectivity index (χ1) is 11.3. The van der Waals surface area contributed by atoms with Crippen LogP contribution in [0.25, 0.3) is 6.08 Å². The number of amides is 1. The van der Waals surface area contributed by atoms with E-state index in [0.717, 1.165) is 5.56 Å². The maximum Gasteiger partial charge on any atom is 0.244 e. The van der Waals surface area contributed by atoms with Gasteiger partial charge < -0.3 is 5.32 Å². The SMILES string of the molecule is CC(NC(=O)/C=C/c1ccccc1F)c1ccc(S(N)(=O)=O)cc1. The number of nitrogens with one attached hydrogen (secondary N) is 1. The summed E-state index contributed by atoms with van der Waals surface area (Å²) >= 11 is 0. The third kappa shape index (κ3) is 4.74. The highest BCUT2D eigenvalue weighted by molar-refractivity contribution is 7.89. The normalized spacial score (nSPS) is 13.0. The molecule has 2 aromatic carbocycles. The first kappa shape index (κ1) is 17.8. The molecule has 2 rings (SSSR count). The lowest BCUT2D eigenvalue weighted by Gasteiger charge is -2.13. The van der Waals surface area contributed by atoms with E-state index in [1.54, 1.807) is 37.3 Å². The van der Waals surface area contributed by atoms with E-state index in [9.17, 15) is 17.6 Å². The lowest BCUT2D eigenvalue weighted by Crippen LogP contribution is -2.24. The number of sulfonamides is 1. The Morgan fingerprint density at radius 2 is 1.79 bits per heavy atom. The molecule has 0 aliphatic rings. The van der Waals surface area contributed by atoms with Crippen molar-refractivity contribution < 1.29 is 17.6 Å². The van der Waals surface area contributed by atoms with Crippen LogP contribution in [0.4, 0.5) is 4.39 Å². The molecule has 3 N–H and O–H groups in total. The average molecular weight is 348 g/mol. The molecule has 7 heteroatoms. The largest absolute Gasteiger partial charge is 0.346 e. The van der Waals surface area contributed by atoms with Crippen molar-refractivity contribution in [3.05, 3.63) is 71.6 Å². The van der Waals surface area contributed by atoms with Gasteiger partial charge in [-0.25, -0.2) is 17.9 Å². The molecule has 0 saturated carbocycles. The van der Waals surface area contributed by atoms with Gasteiger partial charge in [0.1, 0.15) is 5.82 Å². The number of hydrogen-bond donors (Lipinski definition) is 2. The van der Waals surface area contributed by atoms with Crippen LogP contribution in [0.2, 0.25) is 0 Å². The third-order valence-corrected chi connectivity index (χ3v) is 4.32. The van der Waals surface area contributed by atoms with Crippen molar-refractivity contribution in [3.63, 3.8) is 0 Å². The van der Waals surface area contributed by atoms with Crippen LogP contribution in [0.15, 0.2) is 59.5 Å². The highest BCUT2D eigenvalue weighted by Gasteiger charge is 2.11. The lowest BCUT2D eigenvalue weighted by atomic mass is 10.1. The molecule has 1 unspecified atom stereocenters. The summed E-state index contributed by atoms with van der Waals surface area (Å²) in [6, 6.07) is 11.7. The maximum atomic E-state index is 13.5. The molecular formula is C17H17FN2O3S. The summed E-state index contributed by atoms with van der Waals surface area (Å²) in [7, 11) is -3.75. The fourth-order valence-corrected chi connectivity index (χ4v) is 2.58. The predicted molar refractivity (Wildman–Crippen MR) is 89.8 cm³/mol. The smallest absolute Gasteiger partial charge is 0.244 e. The number of primary sulfonamides is 1. The summed E-state index contributed by atoms with van der Waals surface area (Å²) < 4.78 is 35.9. The molecule has 1 amide bonds. The van der Waals surface area contributed by atoms with Gasteiger partial charge in [-0.2, -0.15) is 0 Å². The van der Waals surface area contributed by atoms with Gasteiger partial charge in [-0.05, 0) is 36.8 Å². The first-order valence-corrected chi connectivity index (χ1v) is 8.68. The molecule has 0 saturated heterocycles. The van der Waals surface area contributed by atoms with Crippen molar-refractivity contribution in [3.8, 4) is 0 Å². The van der Waals surface area contributed by atoms with E-state index in [2.05, 4.69) is 5.32 Å². The van der Waals surface area contributed by atoms with Crippen LogP contribution >= 0.6 is 0 Å². The van der Waals surface area contributed by atoms with E-state index in [4.69, 9.17) is 5.14 Å². The quantitative estimate of drug-likeness (QED) is 0.813. The minimum absolute atomic E-state index is 0.00391. The molecule has 2 aromatic rings. The molecule has 24 heavy (non-hydrogen) atoms. The van der Waals surface area contributed by atoms with Gasteiger partial charge in [0.25, 0.3) is 0 Å². The molecule has 0 fully saturated rings. The molecule has 0 radical (unpaired) electrons. The number of carbonyl (C=O) groups excluding carboxylic acids is 1. The Kier molecular flexibility index (Phi) is 5.48. The van der Waals surface area contributed by atoms with Gasteiger partial charge in [0.2, 0.25) is 15.9 Å². The van der Waals surface area contributed by atoms with Gasteiger partial charge in [0.05, 0.1) is 10.9 Å². The van der Waals surface area contributed by atoms with Gasteiger partial charge in [0, 0.05) is 11.6 Å². The van der Waals surface area contributed by atoms with E-state index in [0.29, 0.717) is 5.56 Å². The highest BCUT2D eigenvalue weighted by atomic mass is 32.2. The Morgan fingerprint density at radius 3 is 2.38 bits per heavy atom. The minimum Gasteiger partial charge on any atom is -0.346 e. The van der Waals surface area contributed by atoms with Crippen molar-refractivity contribution in [2.75, 3.05) is 0 Å². The average Bonchev–Trinajstić information content (AvgIpc) is 2.53. The van der Waals surface area contributed by atoms with E-state index < -0.39 is 15.8 Å². The van der Waals surface area contributed by atoms with Crippen molar-refractivity contribution in [1.82, 2.24) is 5.32 Å². The molecule has 0 aliphatic carbocycles. The topological polar surface area (TPSA) is 89.3 Å². The van der Waals surface area contributed by atoms with Gasteiger partial charge in [-0.1, -0.05) is 30.3 Å². The van der Waals surface area contributed by atoms with E-state index in [1.165, 1.54) is 30.4 Å². The Balaban J connectivity index is 2.02. The van der Waals surface area contributed by atoms with E-state index in [1.807, 2.05) is 0 Å². The summed E-state index contributed by atoms with van der Waals surface area (Å²) in [5.74, 6) is -0.797. The van der Waals surface area contributed by atoms with Gasteiger partial charge in [0.15, 0.2) is 0 Å². The van der Waals surface area contributed by atoms with Gasteiger partial charge >= 0.3 is 0 Å². The van der Waals surface area contributed by atoms with Gasteiger partial charge in [-0.3, -0.25) is 4.79 Å². The fourth-order valence-electron chi connectivity index (χ4n) is 2.07. The Morgan fingerprint density at radius 1 is 1.17 bits per heavy atom. The summed E-state index contributed by atoms with van der Waals surface area (Å²) in [5, 5.41) is 7.75. The van der Waals surface area contributed by atoms with Crippen LogP contribution < -0.4 is 10.5 Å². The lowest BCUT2D eigenvalue weighted by molar-refractivity contribution is -0.117. The molecule has 0 bridgehead atoms. The molecule has 0 aliphatic heterocycles. The first-order valence-electron chi connectivity index (χ1n) is 7.13. The number of benzene rings is 2. The molecule has 126 valence electrons. The van der Waals surface area contributed by atoms with Crippen LogP contribution in [-0.4, -0.2) is 14.3 Å². The van der Waals surface area contributed by atoms with Crippen molar-refractivity contribution >= 4 is 22.0 Å². The maximum absolute atomic E-state index is 13.5. The highest BCUT2D eigenvalue weighted by Crippen LogP contribution is 2.15. The molecule has 1 atom stereocenters. The summed E-state index contributed by atoms with van der Waals surface area (Å²) in [4.78, 5) is 11.9. The zero-order valence-corrected chi connectivity index (χ0v) is 13.8. The summed E-state index contributed by atoms with van der Waals surface area (Å²) in [6.07, 6.45) is 2.63. The second kappa shape index (κ2) is 7.37. The fraction of sp³-hybridized carbons (Fsp3) is 0.118. The Labute approximate surface area is 140 Å². The van der Waals surface area contributed by atoms with Crippen molar-refractivity contribution in [1.29, 1.82) is 0 Å². The molecular weight excluding hydrogens is 331 g/mol. The summed E-state index contributed by atoms with van der Waals surface area (Å²) in [5.41, 5.74) is 1.04. The molecule has 0 aromatic heterocycles. The minimum atomic E-state index is -3.75. The number of carbonyl (C=O) groups is 1. The van der Waals surface area contributed by atoms with Crippen LogP contribution in [0.1, 0.15) is 24.1 Å². The zero-order chi connectivity index (χ0) is 17.7. The zero-order valence-electron chi connectivity index (χ0n) is 12.9. The van der Waals surface area contributed by atoms with Crippen LogP contribution in [0.3, 0.4) is 0 Å². The van der Waals surface area contributed by atoms with Crippen LogP contribution in [0.5, 0.6) is 0 Å². The molecule has 5 nitrogen and oxygen atoms in total. The van der Waals surface area contributed by atoms with Crippen LogP contribution in [0, 0.1) is 5.82 Å². The van der Waals surface area contributed by atoms with Crippen molar-refractivity contribution in [2.24, 2.45) is 5.14 Å². The second-order valence-electron chi connectivity index (χ2n) is 5.20. The molecule has 0 spiro atoms. The Hall–Kier alpha value is -2.51. The number of halogens is 1. The number of rotatable bonds is 5. The number of nitrogens with two attached hydrogens (primary N) is 1. The second-order valence-corrected chi connectivity index (χ2v) is 6.76.